The highest BCUT2D eigenvalue weighted by atomic mass is 16.5. The molecule has 0 atom stereocenters. The van der Waals surface area contributed by atoms with Crippen LogP contribution in [0.3, 0.4) is 0 Å². The fourth-order valence-corrected chi connectivity index (χ4v) is 3.08. The molecule has 0 amide bonds. The highest BCUT2D eigenvalue weighted by Gasteiger charge is 2.22. The lowest BCUT2D eigenvalue weighted by Crippen LogP contribution is -2.28. The van der Waals surface area contributed by atoms with Crippen molar-refractivity contribution in [2.24, 2.45) is 0 Å². The molecule has 19 heavy (non-hydrogen) atoms. The molecule has 0 unspecified atom stereocenters. The lowest BCUT2D eigenvalue weighted by molar-refractivity contribution is 0.0844. The summed E-state index contributed by atoms with van der Waals surface area (Å²) in [6, 6.07) is 2.17. The molecule has 1 aromatic heterocycles. The molecule has 1 aromatic rings. The number of aryl methyl sites for hydroxylation is 1. The number of nitrogens with one attached hydrogen (secondary N) is 1. The minimum Gasteiger partial charge on any atom is -0.381 e. The van der Waals surface area contributed by atoms with E-state index in [1.165, 1.54) is 5.69 Å². The monoisotopic (exact) mass is 261 g/mol. The van der Waals surface area contributed by atoms with Gasteiger partial charge in [-0.05, 0) is 51.8 Å². The minimum atomic E-state index is 0.541. The highest BCUT2D eigenvalue weighted by Crippen LogP contribution is 2.28. The van der Waals surface area contributed by atoms with E-state index in [1.807, 2.05) is 0 Å². The summed E-state index contributed by atoms with van der Waals surface area (Å²) < 4.78 is 5.45. The van der Waals surface area contributed by atoms with Crippen LogP contribution in [-0.2, 0) is 4.74 Å². The maximum absolute atomic E-state index is 5.45. The second-order valence-electron chi connectivity index (χ2n) is 5.70. The van der Waals surface area contributed by atoms with Crippen LogP contribution in [-0.4, -0.2) is 36.3 Å². The standard InChI is InChI=1S/C15H23N3O/c1-11-10-14(12-4-8-19-9-5-12)18-15(17-11)13-2-6-16-7-3-13/h10,12-13,16H,2-9H2,1H3. The van der Waals surface area contributed by atoms with E-state index in [0.29, 0.717) is 11.8 Å². The van der Waals surface area contributed by atoms with Gasteiger partial charge in [0.15, 0.2) is 0 Å². The third-order valence-corrected chi connectivity index (χ3v) is 4.24. The number of nitrogens with zero attached hydrogens (tertiary/aromatic N) is 2. The van der Waals surface area contributed by atoms with Crippen LogP contribution < -0.4 is 5.32 Å². The van der Waals surface area contributed by atoms with E-state index in [4.69, 9.17) is 9.72 Å². The normalized spacial score (nSPS) is 22.6. The molecule has 2 aliphatic rings. The number of aromatic nitrogens is 2. The zero-order chi connectivity index (χ0) is 13.1. The molecule has 104 valence electrons. The molecule has 0 spiro atoms. The molecule has 2 fully saturated rings. The van der Waals surface area contributed by atoms with Gasteiger partial charge in [-0.25, -0.2) is 9.97 Å². The number of piperidine rings is 1. The van der Waals surface area contributed by atoms with Gasteiger partial charge in [-0.15, -0.1) is 0 Å². The van der Waals surface area contributed by atoms with Crippen molar-refractivity contribution in [2.45, 2.75) is 44.4 Å². The van der Waals surface area contributed by atoms with Gasteiger partial charge in [0.25, 0.3) is 0 Å². The molecule has 3 heterocycles. The van der Waals surface area contributed by atoms with Gasteiger partial charge in [-0.3, -0.25) is 0 Å². The molecule has 0 saturated carbocycles. The second-order valence-corrected chi connectivity index (χ2v) is 5.70. The molecule has 0 aliphatic carbocycles. The van der Waals surface area contributed by atoms with Crippen molar-refractivity contribution >= 4 is 0 Å². The molecule has 4 heteroatoms. The van der Waals surface area contributed by atoms with Gasteiger partial charge in [-0.2, -0.15) is 0 Å². The van der Waals surface area contributed by atoms with Crippen molar-refractivity contribution in [2.75, 3.05) is 26.3 Å². The van der Waals surface area contributed by atoms with Crippen molar-refractivity contribution in [3.8, 4) is 0 Å². The maximum atomic E-state index is 5.45. The Bertz CT molecular complexity index is 387. The van der Waals surface area contributed by atoms with E-state index >= 15 is 0 Å². The van der Waals surface area contributed by atoms with Gasteiger partial charge in [0.05, 0.1) is 0 Å². The first-order valence-corrected chi connectivity index (χ1v) is 7.47. The van der Waals surface area contributed by atoms with Crippen molar-refractivity contribution < 1.29 is 4.74 Å². The van der Waals surface area contributed by atoms with E-state index in [1.54, 1.807) is 0 Å². The van der Waals surface area contributed by atoms with Crippen LogP contribution in [0.5, 0.6) is 0 Å². The molecule has 2 saturated heterocycles. The number of rotatable bonds is 2. The molecule has 4 nitrogen and oxygen atoms in total. The molecule has 0 bridgehead atoms. The summed E-state index contributed by atoms with van der Waals surface area (Å²) >= 11 is 0. The Hall–Kier alpha value is -1.00. The Balaban J connectivity index is 1.82. The maximum Gasteiger partial charge on any atom is 0.132 e. The SMILES string of the molecule is Cc1cc(C2CCOCC2)nc(C2CCNCC2)n1. The fraction of sp³-hybridized carbons (Fsp3) is 0.733. The van der Waals surface area contributed by atoms with Gasteiger partial charge >= 0.3 is 0 Å². The van der Waals surface area contributed by atoms with Crippen LogP contribution in [0.4, 0.5) is 0 Å². The quantitative estimate of drug-likeness (QED) is 0.886. The van der Waals surface area contributed by atoms with Gasteiger partial charge in [0.2, 0.25) is 0 Å². The molecule has 1 N–H and O–H groups in total. The van der Waals surface area contributed by atoms with Crippen LogP contribution in [0.2, 0.25) is 0 Å². The first-order valence-electron chi connectivity index (χ1n) is 7.47. The summed E-state index contributed by atoms with van der Waals surface area (Å²) in [7, 11) is 0. The van der Waals surface area contributed by atoms with E-state index in [-0.39, 0.29) is 0 Å². The number of hydrogen-bond donors (Lipinski definition) is 1. The predicted molar refractivity (Wildman–Crippen MR) is 74.4 cm³/mol. The lowest BCUT2D eigenvalue weighted by atomic mass is 9.94. The highest BCUT2D eigenvalue weighted by molar-refractivity contribution is 5.17. The summed E-state index contributed by atoms with van der Waals surface area (Å²) in [5.41, 5.74) is 2.36. The Labute approximate surface area is 115 Å². The van der Waals surface area contributed by atoms with E-state index in [9.17, 15) is 0 Å². The van der Waals surface area contributed by atoms with Gasteiger partial charge in [0.1, 0.15) is 5.82 Å². The smallest absolute Gasteiger partial charge is 0.132 e. The van der Waals surface area contributed by atoms with Crippen LogP contribution in [0.1, 0.15) is 54.7 Å². The van der Waals surface area contributed by atoms with Gasteiger partial charge < -0.3 is 10.1 Å². The Morgan fingerprint density at radius 3 is 2.53 bits per heavy atom. The third-order valence-electron chi connectivity index (χ3n) is 4.24. The van der Waals surface area contributed by atoms with Crippen molar-refractivity contribution in [1.82, 2.24) is 15.3 Å². The average molecular weight is 261 g/mol. The molecule has 0 radical (unpaired) electrons. The molecule has 0 aromatic carbocycles. The Morgan fingerprint density at radius 1 is 1.05 bits per heavy atom. The summed E-state index contributed by atoms with van der Waals surface area (Å²) in [6.45, 7) is 6.02. The minimum absolute atomic E-state index is 0.541. The summed E-state index contributed by atoms with van der Waals surface area (Å²) in [5, 5.41) is 3.40. The second kappa shape index (κ2) is 5.97. The first-order chi connectivity index (χ1) is 9.33. The molecular weight excluding hydrogens is 238 g/mol. The molecule has 2 aliphatic heterocycles. The predicted octanol–water partition coefficient (Wildman–Crippen LogP) is 2.15. The largest absolute Gasteiger partial charge is 0.381 e. The van der Waals surface area contributed by atoms with Crippen LogP contribution >= 0.6 is 0 Å². The van der Waals surface area contributed by atoms with E-state index in [0.717, 1.165) is 63.5 Å². The molecular formula is C15H23N3O. The first kappa shape index (κ1) is 13.0. The zero-order valence-electron chi connectivity index (χ0n) is 11.7. The van der Waals surface area contributed by atoms with Gasteiger partial charge in [-0.1, -0.05) is 0 Å². The Kier molecular flexibility index (Phi) is 4.09. The number of ether oxygens (including phenoxy) is 1. The van der Waals surface area contributed by atoms with Crippen molar-refractivity contribution in [1.29, 1.82) is 0 Å². The lowest BCUT2D eigenvalue weighted by Gasteiger charge is -2.25. The topological polar surface area (TPSA) is 47.0 Å². The van der Waals surface area contributed by atoms with E-state index in [2.05, 4.69) is 23.3 Å². The van der Waals surface area contributed by atoms with Crippen molar-refractivity contribution in [3.05, 3.63) is 23.3 Å². The molecule has 3 rings (SSSR count). The van der Waals surface area contributed by atoms with Crippen LogP contribution in [0.15, 0.2) is 6.07 Å². The fourth-order valence-electron chi connectivity index (χ4n) is 3.08. The summed E-state index contributed by atoms with van der Waals surface area (Å²) in [4.78, 5) is 9.57. The van der Waals surface area contributed by atoms with E-state index < -0.39 is 0 Å². The van der Waals surface area contributed by atoms with Gasteiger partial charge in [0, 0.05) is 36.4 Å². The average Bonchev–Trinajstić information content (AvgIpc) is 2.48. The number of hydrogen-bond acceptors (Lipinski definition) is 4. The summed E-state index contributed by atoms with van der Waals surface area (Å²) in [6.07, 6.45) is 4.53. The Morgan fingerprint density at radius 2 is 1.79 bits per heavy atom. The summed E-state index contributed by atoms with van der Waals surface area (Å²) in [5.74, 6) is 2.18. The van der Waals surface area contributed by atoms with Crippen molar-refractivity contribution in [3.63, 3.8) is 0 Å². The van der Waals surface area contributed by atoms with Crippen LogP contribution in [0, 0.1) is 6.92 Å². The van der Waals surface area contributed by atoms with Crippen LogP contribution in [0.25, 0.3) is 0 Å². The zero-order valence-corrected chi connectivity index (χ0v) is 11.7. The third kappa shape index (κ3) is 3.12.